The summed E-state index contributed by atoms with van der Waals surface area (Å²) in [6, 6.07) is 10.2. The quantitative estimate of drug-likeness (QED) is 0.919. The van der Waals surface area contributed by atoms with Crippen LogP contribution in [0.3, 0.4) is 0 Å². The minimum absolute atomic E-state index is 0.222. The number of aliphatic hydroxyl groups is 1. The van der Waals surface area contributed by atoms with E-state index in [1.807, 2.05) is 30.3 Å². The number of para-hydroxylation sites is 1. The summed E-state index contributed by atoms with van der Waals surface area (Å²) in [6.45, 7) is 1.95. The summed E-state index contributed by atoms with van der Waals surface area (Å²) in [6.07, 6.45) is 5.21. The molecule has 0 aliphatic carbocycles. The van der Waals surface area contributed by atoms with Gasteiger partial charge in [-0.2, -0.15) is 0 Å². The number of benzene rings is 1. The van der Waals surface area contributed by atoms with Crippen molar-refractivity contribution in [2.24, 2.45) is 0 Å². The van der Waals surface area contributed by atoms with Gasteiger partial charge in [-0.25, -0.2) is 9.67 Å². The fourth-order valence-electron chi connectivity index (χ4n) is 2.73. The van der Waals surface area contributed by atoms with E-state index in [2.05, 4.69) is 15.0 Å². The molecule has 2 aromatic rings. The topological polar surface area (TPSA) is 54.2 Å². The van der Waals surface area contributed by atoms with Crippen molar-refractivity contribution in [3.63, 3.8) is 0 Å². The van der Waals surface area contributed by atoms with Crippen LogP contribution in [0, 0.1) is 0 Å². The third kappa shape index (κ3) is 2.89. The van der Waals surface area contributed by atoms with E-state index in [0.29, 0.717) is 6.54 Å². The van der Waals surface area contributed by atoms with Crippen LogP contribution < -0.4 is 0 Å². The van der Waals surface area contributed by atoms with Crippen LogP contribution in [0.2, 0.25) is 0 Å². The van der Waals surface area contributed by atoms with Crippen molar-refractivity contribution < 1.29 is 5.11 Å². The van der Waals surface area contributed by atoms with Gasteiger partial charge in [-0.3, -0.25) is 4.90 Å². The molecule has 5 nitrogen and oxygen atoms in total. The van der Waals surface area contributed by atoms with Gasteiger partial charge in [-0.15, -0.1) is 5.10 Å². The molecule has 1 fully saturated rings. The number of nitrogens with zero attached hydrogens (tertiary/aromatic N) is 4. The Balaban J connectivity index is 1.71. The molecule has 0 spiro atoms. The van der Waals surface area contributed by atoms with Gasteiger partial charge in [-0.05, 0) is 31.5 Å². The Labute approximate surface area is 118 Å². The molecule has 0 saturated carbocycles. The number of hydrogen-bond donors (Lipinski definition) is 1. The zero-order chi connectivity index (χ0) is 13.8. The van der Waals surface area contributed by atoms with Crippen LogP contribution in [0.25, 0.3) is 5.69 Å². The molecule has 1 aliphatic rings. The Kier molecular flexibility index (Phi) is 4.08. The van der Waals surface area contributed by atoms with Gasteiger partial charge in [0.2, 0.25) is 0 Å². The monoisotopic (exact) mass is 272 g/mol. The van der Waals surface area contributed by atoms with Crippen molar-refractivity contribution in [2.75, 3.05) is 13.2 Å². The average molecular weight is 272 g/mol. The van der Waals surface area contributed by atoms with E-state index in [1.165, 1.54) is 12.8 Å². The lowest BCUT2D eigenvalue weighted by Crippen LogP contribution is -2.41. The zero-order valence-electron chi connectivity index (χ0n) is 11.5. The van der Waals surface area contributed by atoms with E-state index in [0.717, 1.165) is 24.5 Å². The minimum Gasteiger partial charge on any atom is -0.395 e. The number of aromatic nitrogens is 3. The van der Waals surface area contributed by atoms with Crippen molar-refractivity contribution in [1.29, 1.82) is 0 Å². The van der Waals surface area contributed by atoms with Gasteiger partial charge in [0.05, 0.1) is 18.8 Å². The molecule has 20 heavy (non-hydrogen) atoms. The van der Waals surface area contributed by atoms with E-state index in [9.17, 15) is 5.11 Å². The van der Waals surface area contributed by atoms with Crippen LogP contribution in [-0.2, 0) is 6.54 Å². The summed E-state index contributed by atoms with van der Waals surface area (Å²) in [5.74, 6) is 0.814. The Morgan fingerprint density at radius 2 is 2.05 bits per heavy atom. The first-order chi connectivity index (χ1) is 9.86. The molecule has 1 aromatic carbocycles. The molecule has 1 saturated heterocycles. The fraction of sp³-hybridized carbons (Fsp3) is 0.467. The second-order valence-corrected chi connectivity index (χ2v) is 5.24. The predicted octanol–water partition coefficient (Wildman–Crippen LogP) is 1.61. The molecular weight excluding hydrogens is 252 g/mol. The highest BCUT2D eigenvalue weighted by Gasteiger charge is 2.22. The average Bonchev–Trinajstić information content (AvgIpc) is 2.97. The second-order valence-electron chi connectivity index (χ2n) is 5.24. The summed E-state index contributed by atoms with van der Waals surface area (Å²) in [5.41, 5.74) is 1.02. The third-order valence-corrected chi connectivity index (χ3v) is 3.86. The van der Waals surface area contributed by atoms with Crippen LogP contribution in [0.15, 0.2) is 36.7 Å². The van der Waals surface area contributed by atoms with E-state index in [1.54, 1.807) is 11.0 Å². The highest BCUT2D eigenvalue weighted by molar-refractivity contribution is 5.29. The van der Waals surface area contributed by atoms with Crippen LogP contribution in [0.5, 0.6) is 0 Å². The fourth-order valence-corrected chi connectivity index (χ4v) is 2.73. The van der Waals surface area contributed by atoms with Crippen molar-refractivity contribution in [2.45, 2.75) is 31.8 Å². The lowest BCUT2D eigenvalue weighted by Gasteiger charge is -2.33. The van der Waals surface area contributed by atoms with Crippen LogP contribution in [-0.4, -0.2) is 44.0 Å². The van der Waals surface area contributed by atoms with Crippen molar-refractivity contribution >= 4 is 0 Å². The molecule has 1 aliphatic heterocycles. The number of piperidine rings is 1. The first kappa shape index (κ1) is 13.3. The van der Waals surface area contributed by atoms with Gasteiger partial charge >= 0.3 is 0 Å². The number of hydrogen-bond acceptors (Lipinski definition) is 4. The largest absolute Gasteiger partial charge is 0.395 e. The molecule has 1 atom stereocenters. The van der Waals surface area contributed by atoms with E-state index < -0.39 is 0 Å². The van der Waals surface area contributed by atoms with E-state index in [4.69, 9.17) is 0 Å². The van der Waals surface area contributed by atoms with Gasteiger partial charge in [0.25, 0.3) is 0 Å². The van der Waals surface area contributed by atoms with Gasteiger partial charge < -0.3 is 5.11 Å². The molecule has 3 rings (SSSR count). The summed E-state index contributed by atoms with van der Waals surface area (Å²) >= 11 is 0. The molecule has 2 heterocycles. The summed E-state index contributed by atoms with van der Waals surface area (Å²) < 4.78 is 1.80. The molecule has 1 unspecified atom stereocenters. The zero-order valence-corrected chi connectivity index (χ0v) is 11.5. The van der Waals surface area contributed by atoms with Crippen LogP contribution in [0.1, 0.15) is 25.1 Å². The normalized spacial score (nSPS) is 20.1. The minimum atomic E-state index is 0.222. The standard InChI is InChI=1S/C15H20N4O/c20-11-14-8-4-5-9-18(14)10-15-16-12-19(17-15)13-6-2-1-3-7-13/h1-3,6-7,12,14,20H,4-5,8-11H2. The smallest absolute Gasteiger partial charge is 0.165 e. The summed E-state index contributed by atoms with van der Waals surface area (Å²) in [4.78, 5) is 6.67. The number of likely N-dealkylation sites (tertiary alicyclic amines) is 1. The molecule has 1 N–H and O–H groups in total. The maximum absolute atomic E-state index is 9.43. The van der Waals surface area contributed by atoms with Gasteiger partial charge in [0.15, 0.2) is 5.82 Å². The maximum Gasteiger partial charge on any atom is 0.165 e. The molecule has 0 amide bonds. The lowest BCUT2D eigenvalue weighted by atomic mass is 10.0. The van der Waals surface area contributed by atoms with Crippen molar-refractivity contribution in [3.05, 3.63) is 42.5 Å². The molecule has 106 valence electrons. The Hall–Kier alpha value is -1.72. The van der Waals surface area contributed by atoms with Gasteiger partial charge in [0, 0.05) is 6.04 Å². The summed E-state index contributed by atoms with van der Waals surface area (Å²) in [5, 5.41) is 14.0. The van der Waals surface area contributed by atoms with Crippen molar-refractivity contribution in [1.82, 2.24) is 19.7 Å². The maximum atomic E-state index is 9.43. The predicted molar refractivity (Wildman–Crippen MR) is 76.5 cm³/mol. The van der Waals surface area contributed by atoms with Crippen LogP contribution in [0.4, 0.5) is 0 Å². The van der Waals surface area contributed by atoms with E-state index in [-0.39, 0.29) is 12.6 Å². The number of rotatable bonds is 4. The first-order valence-electron chi connectivity index (χ1n) is 7.17. The highest BCUT2D eigenvalue weighted by Crippen LogP contribution is 2.18. The van der Waals surface area contributed by atoms with Gasteiger partial charge in [-0.1, -0.05) is 24.6 Å². The van der Waals surface area contributed by atoms with Crippen LogP contribution >= 0.6 is 0 Å². The second kappa shape index (κ2) is 6.15. The SMILES string of the molecule is OCC1CCCCN1Cc1ncn(-c2ccccc2)n1. The molecule has 5 heteroatoms. The Bertz CT molecular complexity index is 540. The number of aliphatic hydroxyl groups excluding tert-OH is 1. The van der Waals surface area contributed by atoms with E-state index >= 15 is 0 Å². The Morgan fingerprint density at radius 1 is 1.20 bits per heavy atom. The van der Waals surface area contributed by atoms with Crippen molar-refractivity contribution in [3.8, 4) is 5.69 Å². The lowest BCUT2D eigenvalue weighted by molar-refractivity contribution is 0.0819. The first-order valence-corrected chi connectivity index (χ1v) is 7.17. The molecular formula is C15H20N4O. The summed E-state index contributed by atoms with van der Waals surface area (Å²) in [7, 11) is 0. The molecule has 0 radical (unpaired) electrons. The molecule has 0 bridgehead atoms. The highest BCUT2D eigenvalue weighted by atomic mass is 16.3. The third-order valence-electron chi connectivity index (χ3n) is 3.86. The Morgan fingerprint density at radius 3 is 2.85 bits per heavy atom. The molecule has 1 aromatic heterocycles. The van der Waals surface area contributed by atoms with Gasteiger partial charge in [0.1, 0.15) is 6.33 Å².